The molecule has 3 aromatic rings. The molecule has 0 saturated carbocycles. The summed E-state index contributed by atoms with van der Waals surface area (Å²) in [4.78, 5) is 8.57. The Balaban J connectivity index is 2.18. The van der Waals surface area contributed by atoms with Crippen LogP contribution >= 0.6 is 0 Å². The Hall–Kier alpha value is -2.43. The van der Waals surface area contributed by atoms with Crippen LogP contribution in [0.5, 0.6) is 0 Å². The zero-order valence-electron chi connectivity index (χ0n) is 10.9. The zero-order chi connectivity index (χ0) is 13.4. The van der Waals surface area contributed by atoms with E-state index in [4.69, 9.17) is 5.73 Å². The van der Waals surface area contributed by atoms with Crippen LogP contribution in [0.4, 0.5) is 5.69 Å². The minimum Gasteiger partial charge on any atom is -0.399 e. The van der Waals surface area contributed by atoms with Crippen LogP contribution in [0.1, 0.15) is 25.5 Å². The van der Waals surface area contributed by atoms with Gasteiger partial charge in [0.1, 0.15) is 6.33 Å². The van der Waals surface area contributed by atoms with Crippen molar-refractivity contribution in [2.75, 3.05) is 5.73 Å². The number of hydrogen-bond acceptors (Lipinski definition) is 4. The van der Waals surface area contributed by atoms with E-state index >= 15 is 0 Å². The van der Waals surface area contributed by atoms with Crippen molar-refractivity contribution < 1.29 is 0 Å². The number of fused-ring (bicyclic) bond motifs is 1. The number of aromatic nitrogens is 4. The molecule has 3 rings (SSSR count). The van der Waals surface area contributed by atoms with Crippen molar-refractivity contribution in [2.24, 2.45) is 0 Å². The summed E-state index contributed by atoms with van der Waals surface area (Å²) in [6.45, 7) is 4.23. The predicted molar refractivity (Wildman–Crippen MR) is 75.2 cm³/mol. The third-order valence-electron chi connectivity index (χ3n) is 3.06. The Morgan fingerprint density at radius 2 is 2.00 bits per heavy atom. The number of rotatable bonds is 2. The summed E-state index contributed by atoms with van der Waals surface area (Å²) in [6.07, 6.45) is 3.46. The van der Waals surface area contributed by atoms with Crippen LogP contribution in [0.3, 0.4) is 0 Å². The van der Waals surface area contributed by atoms with E-state index < -0.39 is 0 Å². The van der Waals surface area contributed by atoms with E-state index in [0.717, 1.165) is 22.4 Å². The third-order valence-corrected chi connectivity index (χ3v) is 3.06. The first-order valence-corrected chi connectivity index (χ1v) is 6.21. The van der Waals surface area contributed by atoms with Crippen molar-refractivity contribution in [2.45, 2.75) is 19.8 Å². The summed E-state index contributed by atoms with van der Waals surface area (Å²) in [5.41, 5.74) is 8.34. The molecule has 0 spiro atoms. The lowest BCUT2D eigenvalue weighted by molar-refractivity contribution is 0.760. The van der Waals surface area contributed by atoms with Crippen LogP contribution in [-0.4, -0.2) is 19.7 Å². The number of nitrogens with two attached hydrogens (primary N) is 1. The summed E-state index contributed by atoms with van der Waals surface area (Å²) in [5.74, 6) is 1.17. The minimum atomic E-state index is 0.394. The van der Waals surface area contributed by atoms with Gasteiger partial charge in [-0.25, -0.2) is 14.6 Å². The summed E-state index contributed by atoms with van der Waals surface area (Å²) in [6, 6.07) is 7.63. The van der Waals surface area contributed by atoms with Crippen molar-refractivity contribution in [3.8, 4) is 5.82 Å². The Morgan fingerprint density at radius 1 is 1.16 bits per heavy atom. The molecule has 5 heteroatoms. The quantitative estimate of drug-likeness (QED) is 0.712. The normalized spacial score (nSPS) is 11.3. The van der Waals surface area contributed by atoms with E-state index in [9.17, 15) is 0 Å². The number of nitrogen functional groups attached to an aromatic ring is 1. The van der Waals surface area contributed by atoms with E-state index in [1.165, 1.54) is 6.33 Å². The Morgan fingerprint density at radius 3 is 2.74 bits per heavy atom. The van der Waals surface area contributed by atoms with Gasteiger partial charge >= 0.3 is 0 Å². The van der Waals surface area contributed by atoms with Gasteiger partial charge in [0, 0.05) is 17.3 Å². The van der Waals surface area contributed by atoms with Gasteiger partial charge in [0.05, 0.1) is 11.2 Å². The highest BCUT2D eigenvalue weighted by molar-refractivity contribution is 5.87. The first-order chi connectivity index (χ1) is 9.15. The molecule has 19 heavy (non-hydrogen) atoms. The highest BCUT2D eigenvalue weighted by Crippen LogP contribution is 2.21. The molecule has 96 valence electrons. The van der Waals surface area contributed by atoms with Crippen molar-refractivity contribution in [3.63, 3.8) is 0 Å². The highest BCUT2D eigenvalue weighted by atomic mass is 15.3. The van der Waals surface area contributed by atoms with Crippen LogP contribution in [0.25, 0.3) is 16.7 Å². The number of anilines is 1. The van der Waals surface area contributed by atoms with Crippen molar-refractivity contribution >= 4 is 16.6 Å². The zero-order valence-corrected chi connectivity index (χ0v) is 10.9. The molecule has 2 heterocycles. The second-order valence-electron chi connectivity index (χ2n) is 4.81. The van der Waals surface area contributed by atoms with Gasteiger partial charge in [0.25, 0.3) is 0 Å². The fraction of sp³-hybridized carbons (Fsp3) is 0.214. The molecular formula is C14H15N5. The molecular weight excluding hydrogens is 238 g/mol. The Kier molecular flexibility index (Phi) is 2.67. The van der Waals surface area contributed by atoms with Gasteiger partial charge in [-0.1, -0.05) is 13.8 Å². The standard InChI is InChI=1S/C14H15N5/c1-9(2)12-5-6-19(18-12)14-11-4-3-10(15)7-13(11)16-8-17-14/h3-9H,15H2,1-2H3. The maximum atomic E-state index is 5.77. The largest absolute Gasteiger partial charge is 0.399 e. The van der Waals surface area contributed by atoms with E-state index in [-0.39, 0.29) is 0 Å². The molecule has 2 N–H and O–H groups in total. The molecule has 0 unspecified atom stereocenters. The Bertz CT molecular complexity index is 730. The fourth-order valence-corrected chi connectivity index (χ4v) is 2.01. The summed E-state index contributed by atoms with van der Waals surface area (Å²) in [7, 11) is 0. The van der Waals surface area contributed by atoms with Gasteiger partial charge in [0.15, 0.2) is 5.82 Å². The molecule has 0 amide bonds. The molecule has 0 fully saturated rings. The van der Waals surface area contributed by atoms with Gasteiger partial charge < -0.3 is 5.73 Å². The number of nitrogens with zero attached hydrogens (tertiary/aromatic N) is 4. The molecule has 2 aromatic heterocycles. The van der Waals surface area contributed by atoms with E-state index in [1.807, 2.05) is 30.5 Å². The second-order valence-corrected chi connectivity index (χ2v) is 4.81. The molecule has 0 radical (unpaired) electrons. The molecule has 0 aliphatic carbocycles. The molecule has 0 aliphatic rings. The van der Waals surface area contributed by atoms with Crippen LogP contribution < -0.4 is 5.73 Å². The maximum absolute atomic E-state index is 5.77. The van der Waals surface area contributed by atoms with Gasteiger partial charge in [-0.3, -0.25) is 0 Å². The first-order valence-electron chi connectivity index (χ1n) is 6.21. The molecule has 1 aromatic carbocycles. The van der Waals surface area contributed by atoms with Crippen molar-refractivity contribution in [3.05, 3.63) is 42.5 Å². The molecule has 0 atom stereocenters. The van der Waals surface area contributed by atoms with Crippen LogP contribution in [0.15, 0.2) is 36.8 Å². The summed E-state index contributed by atoms with van der Waals surface area (Å²) >= 11 is 0. The number of benzene rings is 1. The molecule has 5 nitrogen and oxygen atoms in total. The second kappa shape index (κ2) is 4.35. The smallest absolute Gasteiger partial charge is 0.164 e. The van der Waals surface area contributed by atoms with Crippen LogP contribution in [0, 0.1) is 0 Å². The Labute approximate surface area is 111 Å². The SMILES string of the molecule is CC(C)c1ccn(-c2ncnc3cc(N)ccc23)n1. The highest BCUT2D eigenvalue weighted by Gasteiger charge is 2.09. The lowest BCUT2D eigenvalue weighted by Gasteiger charge is -2.05. The third kappa shape index (κ3) is 2.03. The maximum Gasteiger partial charge on any atom is 0.164 e. The topological polar surface area (TPSA) is 69.6 Å². The molecule has 0 aliphatic heterocycles. The average Bonchev–Trinajstić information content (AvgIpc) is 2.87. The lowest BCUT2D eigenvalue weighted by atomic mass is 10.1. The minimum absolute atomic E-state index is 0.394. The molecule has 0 bridgehead atoms. The average molecular weight is 253 g/mol. The lowest BCUT2D eigenvalue weighted by Crippen LogP contribution is -2.02. The van der Waals surface area contributed by atoms with Gasteiger partial charge in [0.2, 0.25) is 0 Å². The van der Waals surface area contributed by atoms with E-state index in [0.29, 0.717) is 11.6 Å². The first kappa shape index (κ1) is 11.6. The van der Waals surface area contributed by atoms with Crippen LogP contribution in [-0.2, 0) is 0 Å². The van der Waals surface area contributed by atoms with E-state index in [1.54, 1.807) is 4.68 Å². The molecule has 0 saturated heterocycles. The fourth-order valence-electron chi connectivity index (χ4n) is 2.01. The summed E-state index contributed by atoms with van der Waals surface area (Å²) in [5, 5.41) is 5.49. The van der Waals surface area contributed by atoms with Gasteiger partial charge in [-0.2, -0.15) is 5.10 Å². The van der Waals surface area contributed by atoms with Gasteiger partial charge in [-0.15, -0.1) is 0 Å². The van der Waals surface area contributed by atoms with Gasteiger partial charge in [-0.05, 0) is 30.2 Å². The van der Waals surface area contributed by atoms with Crippen molar-refractivity contribution in [1.29, 1.82) is 0 Å². The predicted octanol–water partition coefficient (Wildman–Crippen LogP) is 2.52. The monoisotopic (exact) mass is 253 g/mol. The van der Waals surface area contributed by atoms with Crippen molar-refractivity contribution in [1.82, 2.24) is 19.7 Å². The number of hydrogen-bond donors (Lipinski definition) is 1. The van der Waals surface area contributed by atoms with E-state index in [2.05, 4.69) is 28.9 Å². The van der Waals surface area contributed by atoms with Crippen LogP contribution in [0.2, 0.25) is 0 Å². The summed E-state index contributed by atoms with van der Waals surface area (Å²) < 4.78 is 1.79.